The molecule has 0 aliphatic heterocycles. The van der Waals surface area contributed by atoms with Crippen molar-refractivity contribution in [2.45, 2.75) is 39.2 Å². The smallest absolute Gasteiger partial charge is 0.227 e. The monoisotopic (exact) mass is 358 g/mol. The van der Waals surface area contributed by atoms with E-state index in [4.69, 9.17) is 10.3 Å². The van der Waals surface area contributed by atoms with E-state index in [1.165, 1.54) is 0 Å². The Balaban J connectivity index is 0.00000264. The van der Waals surface area contributed by atoms with Crippen molar-refractivity contribution in [3.05, 3.63) is 22.7 Å². The van der Waals surface area contributed by atoms with Crippen LogP contribution in [0.3, 0.4) is 0 Å². The van der Waals surface area contributed by atoms with Crippen LogP contribution in [0.25, 0.3) is 11.4 Å². The summed E-state index contributed by atoms with van der Waals surface area (Å²) < 4.78 is 5.18. The molecule has 0 spiro atoms. The van der Waals surface area contributed by atoms with Gasteiger partial charge in [-0.1, -0.05) is 19.0 Å². The van der Waals surface area contributed by atoms with Gasteiger partial charge < -0.3 is 15.6 Å². The normalized spacial score (nSPS) is 13.4. The fourth-order valence-electron chi connectivity index (χ4n) is 1.90. The number of nitrogens with two attached hydrogens (primary N) is 1. The molecule has 2 heterocycles. The van der Waals surface area contributed by atoms with Crippen LogP contribution < -0.4 is 11.1 Å². The van der Waals surface area contributed by atoms with Gasteiger partial charge in [0.05, 0.1) is 5.54 Å². The summed E-state index contributed by atoms with van der Waals surface area (Å²) in [5.41, 5.74) is 6.30. The molecule has 2 aromatic heterocycles. The van der Waals surface area contributed by atoms with Crippen LogP contribution in [0.15, 0.2) is 21.3 Å². The van der Waals surface area contributed by atoms with Gasteiger partial charge in [0.2, 0.25) is 17.6 Å². The third-order valence-electron chi connectivity index (χ3n) is 3.94. The van der Waals surface area contributed by atoms with E-state index in [-0.39, 0.29) is 24.2 Å². The van der Waals surface area contributed by atoms with Crippen LogP contribution in [0.4, 0.5) is 0 Å². The first kappa shape index (κ1) is 19.6. The average Bonchev–Trinajstić information content (AvgIpc) is 3.15. The molecule has 0 bridgehead atoms. The molecule has 0 aliphatic carbocycles. The lowest BCUT2D eigenvalue weighted by Crippen LogP contribution is -2.55. The number of carbonyl (C=O) groups excluding carboxylic acids is 1. The molecule has 2 aromatic rings. The molecule has 8 heteroatoms. The number of aryl methyl sites for hydroxylation is 1. The maximum Gasteiger partial charge on any atom is 0.227 e. The van der Waals surface area contributed by atoms with Crippen molar-refractivity contribution in [1.82, 2.24) is 15.5 Å². The van der Waals surface area contributed by atoms with Crippen molar-refractivity contribution in [1.29, 1.82) is 0 Å². The second-order valence-corrected chi connectivity index (χ2v) is 6.63. The van der Waals surface area contributed by atoms with Crippen LogP contribution in [0, 0.1) is 5.92 Å². The number of carbonyl (C=O) groups is 1. The van der Waals surface area contributed by atoms with Gasteiger partial charge in [-0.05, 0) is 24.3 Å². The molecule has 0 saturated heterocycles. The Morgan fingerprint density at radius 1 is 1.52 bits per heavy atom. The van der Waals surface area contributed by atoms with Crippen molar-refractivity contribution < 1.29 is 9.32 Å². The predicted octanol–water partition coefficient (Wildman–Crippen LogP) is 2.64. The highest BCUT2D eigenvalue weighted by Gasteiger charge is 2.28. The van der Waals surface area contributed by atoms with Crippen molar-refractivity contribution in [2.24, 2.45) is 11.7 Å². The van der Waals surface area contributed by atoms with Gasteiger partial charge >= 0.3 is 0 Å². The van der Waals surface area contributed by atoms with Crippen LogP contribution >= 0.6 is 23.7 Å². The standard InChI is InChI=1S/C15H22N4O2S.ClH/c1-10(2)15(3,9-16)18-12(20)4-5-13-17-14(19-21-13)11-6-7-22-8-11;/h6-8,10H,4-5,9,16H2,1-3H3,(H,18,20);1H. The van der Waals surface area contributed by atoms with Gasteiger partial charge in [0, 0.05) is 30.3 Å². The molecule has 6 nitrogen and oxygen atoms in total. The van der Waals surface area contributed by atoms with E-state index in [0.29, 0.717) is 31.1 Å². The molecule has 0 aliphatic rings. The van der Waals surface area contributed by atoms with E-state index in [9.17, 15) is 4.79 Å². The van der Waals surface area contributed by atoms with Gasteiger partial charge in [0.15, 0.2) is 0 Å². The molecule has 2 rings (SSSR count). The summed E-state index contributed by atoms with van der Waals surface area (Å²) in [5, 5.41) is 10.8. The number of rotatable bonds is 7. The lowest BCUT2D eigenvalue weighted by atomic mass is 9.88. The van der Waals surface area contributed by atoms with Gasteiger partial charge in [-0.2, -0.15) is 16.3 Å². The van der Waals surface area contributed by atoms with Crippen molar-refractivity contribution in [2.75, 3.05) is 6.54 Å². The summed E-state index contributed by atoms with van der Waals surface area (Å²) in [4.78, 5) is 16.4. The number of amides is 1. The highest BCUT2D eigenvalue weighted by atomic mass is 35.5. The van der Waals surface area contributed by atoms with Crippen molar-refractivity contribution >= 4 is 29.7 Å². The topological polar surface area (TPSA) is 94.0 Å². The molecule has 0 fully saturated rings. The number of hydrogen-bond acceptors (Lipinski definition) is 6. The molecule has 23 heavy (non-hydrogen) atoms. The van der Waals surface area contributed by atoms with Crippen LogP contribution in [0.2, 0.25) is 0 Å². The summed E-state index contributed by atoms with van der Waals surface area (Å²) in [5.74, 6) is 1.23. The van der Waals surface area contributed by atoms with E-state index in [0.717, 1.165) is 5.56 Å². The minimum absolute atomic E-state index is 0. The zero-order chi connectivity index (χ0) is 16.2. The first-order valence-electron chi connectivity index (χ1n) is 7.31. The largest absolute Gasteiger partial charge is 0.349 e. The molecule has 0 aromatic carbocycles. The molecular weight excluding hydrogens is 336 g/mol. The Labute approximate surface area is 146 Å². The highest BCUT2D eigenvalue weighted by Crippen LogP contribution is 2.19. The zero-order valence-corrected chi connectivity index (χ0v) is 15.2. The minimum Gasteiger partial charge on any atom is -0.349 e. The van der Waals surface area contributed by atoms with Gasteiger partial charge in [-0.3, -0.25) is 4.79 Å². The van der Waals surface area contributed by atoms with Gasteiger partial charge in [0.1, 0.15) is 0 Å². The molecule has 1 atom stereocenters. The quantitative estimate of drug-likeness (QED) is 0.793. The van der Waals surface area contributed by atoms with E-state index in [2.05, 4.69) is 15.5 Å². The lowest BCUT2D eigenvalue weighted by Gasteiger charge is -2.33. The van der Waals surface area contributed by atoms with E-state index in [1.807, 2.05) is 37.6 Å². The molecule has 1 unspecified atom stereocenters. The molecule has 0 radical (unpaired) electrons. The second-order valence-electron chi connectivity index (χ2n) is 5.85. The van der Waals surface area contributed by atoms with E-state index < -0.39 is 5.54 Å². The Morgan fingerprint density at radius 2 is 2.26 bits per heavy atom. The summed E-state index contributed by atoms with van der Waals surface area (Å²) in [6.07, 6.45) is 0.718. The van der Waals surface area contributed by atoms with E-state index in [1.54, 1.807) is 11.3 Å². The summed E-state index contributed by atoms with van der Waals surface area (Å²) in [6, 6.07) is 1.93. The SMILES string of the molecule is CC(C)C(C)(CN)NC(=O)CCc1nc(-c2ccsc2)no1.Cl. The number of nitrogens with zero attached hydrogens (tertiary/aromatic N) is 2. The van der Waals surface area contributed by atoms with Crippen LogP contribution in [-0.2, 0) is 11.2 Å². The maximum atomic E-state index is 12.1. The number of aromatic nitrogens is 2. The first-order chi connectivity index (χ1) is 10.4. The molecular formula is C15H23ClN4O2S. The van der Waals surface area contributed by atoms with Crippen LogP contribution in [0.1, 0.15) is 33.1 Å². The Morgan fingerprint density at radius 3 is 2.83 bits per heavy atom. The molecule has 1 amide bonds. The van der Waals surface area contributed by atoms with Crippen LogP contribution in [-0.4, -0.2) is 28.1 Å². The number of halogens is 1. The summed E-state index contributed by atoms with van der Waals surface area (Å²) >= 11 is 1.58. The van der Waals surface area contributed by atoms with Crippen molar-refractivity contribution in [3.63, 3.8) is 0 Å². The predicted molar refractivity (Wildman–Crippen MR) is 93.6 cm³/mol. The number of hydrogen-bond donors (Lipinski definition) is 2. The van der Waals surface area contributed by atoms with Gasteiger partial charge in [-0.25, -0.2) is 0 Å². The fourth-order valence-corrected chi connectivity index (χ4v) is 2.53. The number of nitrogens with one attached hydrogen (secondary N) is 1. The highest BCUT2D eigenvalue weighted by molar-refractivity contribution is 7.08. The fraction of sp³-hybridized carbons (Fsp3) is 0.533. The Kier molecular flexibility index (Phi) is 7.18. The maximum absolute atomic E-state index is 12.1. The second kappa shape index (κ2) is 8.42. The molecule has 3 N–H and O–H groups in total. The zero-order valence-electron chi connectivity index (χ0n) is 13.5. The third kappa shape index (κ3) is 5.02. The Hall–Kier alpha value is -1.44. The van der Waals surface area contributed by atoms with Gasteiger partial charge in [-0.15, -0.1) is 12.4 Å². The minimum atomic E-state index is -0.395. The summed E-state index contributed by atoms with van der Waals surface area (Å²) in [7, 11) is 0. The Bertz CT molecular complexity index is 615. The summed E-state index contributed by atoms with van der Waals surface area (Å²) in [6.45, 7) is 6.44. The van der Waals surface area contributed by atoms with E-state index >= 15 is 0 Å². The van der Waals surface area contributed by atoms with Crippen LogP contribution in [0.5, 0.6) is 0 Å². The number of thiophene rings is 1. The average molecular weight is 359 g/mol. The molecule has 0 saturated carbocycles. The third-order valence-corrected chi connectivity index (χ3v) is 4.62. The lowest BCUT2D eigenvalue weighted by molar-refractivity contribution is -0.123. The van der Waals surface area contributed by atoms with Gasteiger partial charge in [0.25, 0.3) is 0 Å². The molecule has 128 valence electrons. The first-order valence-corrected chi connectivity index (χ1v) is 8.25. The van der Waals surface area contributed by atoms with Crippen molar-refractivity contribution in [3.8, 4) is 11.4 Å².